The topological polar surface area (TPSA) is 20.3 Å². The van der Waals surface area contributed by atoms with Gasteiger partial charge in [-0.2, -0.15) is 0 Å². The molecular weight excluding hydrogens is 234 g/mol. The quantitative estimate of drug-likeness (QED) is 0.750. The predicted octanol–water partition coefficient (Wildman–Crippen LogP) is 3.77. The molecule has 1 heterocycles. The van der Waals surface area contributed by atoms with E-state index in [2.05, 4.69) is 18.7 Å². The third-order valence-corrected chi connectivity index (χ3v) is 3.95. The molecule has 2 nitrogen and oxygen atoms in total. The number of hydrogen-bond donors (Lipinski definition) is 0. The molecule has 0 saturated carbocycles. The van der Waals surface area contributed by atoms with Gasteiger partial charge < -0.3 is 4.90 Å². The van der Waals surface area contributed by atoms with Crippen LogP contribution in [-0.2, 0) is 0 Å². The molecule has 19 heavy (non-hydrogen) atoms. The number of likely N-dealkylation sites (tertiary alicyclic amines) is 1. The normalized spacial score (nSPS) is 19.3. The van der Waals surface area contributed by atoms with Crippen LogP contribution in [0.1, 0.15) is 49.9 Å². The van der Waals surface area contributed by atoms with E-state index < -0.39 is 0 Å². The van der Waals surface area contributed by atoms with E-state index in [-0.39, 0.29) is 5.78 Å². The van der Waals surface area contributed by atoms with Crippen molar-refractivity contribution in [3.05, 3.63) is 35.9 Å². The maximum absolute atomic E-state index is 12.0. The van der Waals surface area contributed by atoms with Gasteiger partial charge in [-0.1, -0.05) is 44.2 Å². The van der Waals surface area contributed by atoms with Crippen LogP contribution in [0.25, 0.3) is 0 Å². The highest BCUT2D eigenvalue weighted by atomic mass is 16.1. The van der Waals surface area contributed by atoms with E-state index >= 15 is 0 Å². The Morgan fingerprint density at radius 1 is 1.26 bits per heavy atom. The number of nitrogens with zero attached hydrogens (tertiary/aromatic N) is 1. The first-order valence-electron chi connectivity index (χ1n) is 7.37. The minimum Gasteiger partial charge on any atom is -0.303 e. The molecule has 1 saturated heterocycles. The number of rotatable bonds is 5. The molecule has 104 valence electrons. The Labute approximate surface area is 116 Å². The van der Waals surface area contributed by atoms with Gasteiger partial charge in [0.2, 0.25) is 0 Å². The van der Waals surface area contributed by atoms with Gasteiger partial charge in [-0.3, -0.25) is 4.79 Å². The van der Waals surface area contributed by atoms with Crippen LogP contribution in [0.3, 0.4) is 0 Å². The van der Waals surface area contributed by atoms with Gasteiger partial charge in [-0.05, 0) is 37.8 Å². The first-order chi connectivity index (χ1) is 9.07. The second-order valence-electron chi connectivity index (χ2n) is 6.44. The molecule has 0 amide bonds. The van der Waals surface area contributed by atoms with Crippen molar-refractivity contribution in [1.29, 1.82) is 0 Å². The fourth-order valence-corrected chi connectivity index (χ4v) is 2.97. The van der Waals surface area contributed by atoms with E-state index in [1.165, 1.54) is 25.9 Å². The van der Waals surface area contributed by atoms with Crippen LogP contribution < -0.4 is 0 Å². The molecule has 1 aliphatic rings. The van der Waals surface area contributed by atoms with E-state index in [0.29, 0.717) is 11.8 Å². The number of ketones is 1. The van der Waals surface area contributed by atoms with Crippen molar-refractivity contribution in [2.75, 3.05) is 19.6 Å². The predicted molar refractivity (Wildman–Crippen MR) is 79.5 cm³/mol. The number of piperidine rings is 1. The van der Waals surface area contributed by atoms with E-state index in [4.69, 9.17) is 0 Å². The van der Waals surface area contributed by atoms with Crippen molar-refractivity contribution < 1.29 is 4.79 Å². The highest BCUT2D eigenvalue weighted by molar-refractivity contribution is 5.95. The molecule has 0 aromatic heterocycles. The zero-order chi connectivity index (χ0) is 13.7. The van der Waals surface area contributed by atoms with Gasteiger partial charge in [-0.15, -0.1) is 0 Å². The number of benzene rings is 1. The molecule has 0 radical (unpaired) electrons. The number of carbonyl (C=O) groups is 1. The molecule has 0 bridgehead atoms. The van der Waals surface area contributed by atoms with Crippen LogP contribution >= 0.6 is 0 Å². The van der Waals surface area contributed by atoms with Crippen molar-refractivity contribution >= 4 is 5.78 Å². The average Bonchev–Trinajstić information content (AvgIpc) is 2.38. The highest BCUT2D eigenvalue weighted by Crippen LogP contribution is 2.28. The van der Waals surface area contributed by atoms with Gasteiger partial charge in [0.25, 0.3) is 0 Å². The van der Waals surface area contributed by atoms with Crippen LogP contribution in [0.4, 0.5) is 0 Å². The van der Waals surface area contributed by atoms with E-state index in [1.54, 1.807) is 0 Å². The molecule has 0 unspecified atom stereocenters. The van der Waals surface area contributed by atoms with Gasteiger partial charge >= 0.3 is 0 Å². The average molecular weight is 259 g/mol. The Kier molecular flexibility index (Phi) is 4.76. The summed E-state index contributed by atoms with van der Waals surface area (Å²) in [6.45, 7) is 8.11. The van der Waals surface area contributed by atoms with Crippen molar-refractivity contribution in [3.63, 3.8) is 0 Å². The lowest BCUT2D eigenvalue weighted by Crippen LogP contribution is -2.40. The highest BCUT2D eigenvalue weighted by Gasteiger charge is 2.25. The van der Waals surface area contributed by atoms with Gasteiger partial charge in [-0.25, -0.2) is 0 Å². The maximum atomic E-state index is 12.0. The molecule has 0 spiro atoms. The summed E-state index contributed by atoms with van der Waals surface area (Å²) in [5.41, 5.74) is 1.29. The molecule has 0 N–H and O–H groups in total. The minimum absolute atomic E-state index is 0.275. The summed E-state index contributed by atoms with van der Waals surface area (Å²) in [4.78, 5) is 14.5. The van der Waals surface area contributed by atoms with Crippen molar-refractivity contribution in [3.8, 4) is 0 Å². The zero-order valence-electron chi connectivity index (χ0n) is 12.2. The number of hydrogen-bond acceptors (Lipinski definition) is 2. The van der Waals surface area contributed by atoms with Crippen LogP contribution in [-0.4, -0.2) is 30.3 Å². The summed E-state index contributed by atoms with van der Waals surface area (Å²) >= 11 is 0. The molecule has 1 aromatic carbocycles. The third kappa shape index (κ3) is 4.46. The SMILES string of the molecule is CC1(C)CCCN(CCCC(=O)c2ccccc2)C1. The Morgan fingerprint density at radius 2 is 2.00 bits per heavy atom. The number of Topliss-reactive ketones (excluding diaryl/α,β-unsaturated/α-hetero) is 1. The lowest BCUT2D eigenvalue weighted by molar-refractivity contribution is 0.0948. The monoisotopic (exact) mass is 259 g/mol. The lowest BCUT2D eigenvalue weighted by Gasteiger charge is -2.38. The van der Waals surface area contributed by atoms with Gasteiger partial charge in [0, 0.05) is 18.5 Å². The van der Waals surface area contributed by atoms with Crippen LogP contribution in [0.2, 0.25) is 0 Å². The van der Waals surface area contributed by atoms with Gasteiger partial charge in [0.15, 0.2) is 5.78 Å². The van der Waals surface area contributed by atoms with Crippen LogP contribution in [0.5, 0.6) is 0 Å². The first-order valence-corrected chi connectivity index (χ1v) is 7.37. The lowest BCUT2D eigenvalue weighted by atomic mass is 9.84. The molecule has 1 aliphatic heterocycles. The van der Waals surface area contributed by atoms with Crippen molar-refractivity contribution in [2.45, 2.75) is 39.5 Å². The van der Waals surface area contributed by atoms with E-state index in [9.17, 15) is 4.79 Å². The van der Waals surface area contributed by atoms with Gasteiger partial charge in [0.05, 0.1) is 0 Å². The summed E-state index contributed by atoms with van der Waals surface area (Å²) in [6.07, 6.45) is 4.26. The Bertz CT molecular complexity index is 411. The molecule has 1 aromatic rings. The minimum atomic E-state index is 0.275. The Hall–Kier alpha value is -1.15. The molecule has 2 heteroatoms. The van der Waals surface area contributed by atoms with Gasteiger partial charge in [0.1, 0.15) is 0 Å². The maximum Gasteiger partial charge on any atom is 0.162 e. The molecule has 2 rings (SSSR count). The molecule has 0 aliphatic carbocycles. The fraction of sp³-hybridized carbons (Fsp3) is 0.588. The molecule has 0 atom stereocenters. The fourth-order valence-electron chi connectivity index (χ4n) is 2.97. The number of carbonyl (C=O) groups excluding carboxylic acids is 1. The van der Waals surface area contributed by atoms with Crippen molar-refractivity contribution in [2.24, 2.45) is 5.41 Å². The second kappa shape index (κ2) is 6.33. The summed E-state index contributed by atoms with van der Waals surface area (Å²) in [6, 6.07) is 9.63. The Balaban J connectivity index is 1.73. The summed E-state index contributed by atoms with van der Waals surface area (Å²) < 4.78 is 0. The smallest absolute Gasteiger partial charge is 0.162 e. The van der Waals surface area contributed by atoms with E-state index in [0.717, 1.165) is 18.5 Å². The summed E-state index contributed by atoms with van der Waals surface area (Å²) in [5, 5.41) is 0. The third-order valence-electron chi connectivity index (χ3n) is 3.95. The van der Waals surface area contributed by atoms with E-state index in [1.807, 2.05) is 30.3 Å². The second-order valence-corrected chi connectivity index (χ2v) is 6.44. The standard InChI is InChI=1S/C17H25NO/c1-17(2)11-7-13-18(14-17)12-6-10-16(19)15-8-4-3-5-9-15/h3-5,8-9H,6-7,10-14H2,1-2H3. The van der Waals surface area contributed by atoms with Crippen LogP contribution in [0, 0.1) is 5.41 Å². The van der Waals surface area contributed by atoms with Crippen molar-refractivity contribution in [1.82, 2.24) is 4.90 Å². The Morgan fingerprint density at radius 3 is 2.68 bits per heavy atom. The summed E-state index contributed by atoms with van der Waals surface area (Å²) in [5.74, 6) is 0.275. The largest absolute Gasteiger partial charge is 0.303 e. The first kappa shape index (κ1) is 14.3. The molecular formula is C17H25NO. The summed E-state index contributed by atoms with van der Waals surface area (Å²) in [7, 11) is 0. The molecule has 1 fully saturated rings. The zero-order valence-corrected chi connectivity index (χ0v) is 12.2. The van der Waals surface area contributed by atoms with Crippen LogP contribution in [0.15, 0.2) is 30.3 Å².